The average Bonchev–Trinajstić information content (AvgIpc) is 2.39. The van der Waals surface area contributed by atoms with E-state index in [2.05, 4.69) is 0 Å². The van der Waals surface area contributed by atoms with Crippen molar-refractivity contribution < 1.29 is 19.8 Å². The van der Waals surface area contributed by atoms with Crippen molar-refractivity contribution in [1.82, 2.24) is 4.90 Å². The molecule has 1 fully saturated rings. The van der Waals surface area contributed by atoms with Crippen LogP contribution < -0.4 is 0 Å². The minimum atomic E-state index is -0.946. The Morgan fingerprint density at radius 1 is 1.29 bits per heavy atom. The van der Waals surface area contributed by atoms with Crippen LogP contribution in [0.5, 0.6) is 5.75 Å². The highest BCUT2D eigenvalue weighted by Gasteiger charge is 2.44. The molecule has 114 valence electrons. The third kappa shape index (κ3) is 3.35. The summed E-state index contributed by atoms with van der Waals surface area (Å²) in [5.74, 6) is -0.978. The molecule has 1 amide bonds. The zero-order valence-electron chi connectivity index (χ0n) is 12.4. The molecule has 5 heteroatoms. The molecule has 21 heavy (non-hydrogen) atoms. The zero-order chi connectivity index (χ0) is 15.6. The molecule has 2 N–H and O–H groups in total. The zero-order valence-corrected chi connectivity index (χ0v) is 12.4. The summed E-state index contributed by atoms with van der Waals surface area (Å²) < 4.78 is 0. The van der Waals surface area contributed by atoms with Gasteiger partial charge in [0.1, 0.15) is 11.8 Å². The molecule has 0 saturated carbocycles. The largest absolute Gasteiger partial charge is 0.508 e. The first-order valence-electron chi connectivity index (χ1n) is 7.11. The molecule has 1 aromatic rings. The number of nitrogens with zero attached hydrogens (tertiary/aromatic N) is 1. The lowest BCUT2D eigenvalue weighted by atomic mass is 9.76. The van der Waals surface area contributed by atoms with Crippen LogP contribution in [0.4, 0.5) is 0 Å². The fourth-order valence-corrected chi connectivity index (χ4v) is 3.02. The number of carbonyl (C=O) groups excluding carboxylic acids is 1. The fraction of sp³-hybridized carbons (Fsp3) is 0.500. The Morgan fingerprint density at radius 3 is 2.48 bits per heavy atom. The highest BCUT2D eigenvalue weighted by molar-refractivity contribution is 5.85. The lowest BCUT2D eigenvalue weighted by molar-refractivity contribution is -0.158. The number of hydrogen-bond acceptors (Lipinski definition) is 3. The molecular formula is C16H21NO4. The Labute approximate surface area is 124 Å². The monoisotopic (exact) mass is 291 g/mol. The summed E-state index contributed by atoms with van der Waals surface area (Å²) in [5.41, 5.74) is 0.347. The summed E-state index contributed by atoms with van der Waals surface area (Å²) in [5, 5.41) is 18.7. The summed E-state index contributed by atoms with van der Waals surface area (Å²) in [6.45, 7) is 4.27. The third-order valence-corrected chi connectivity index (χ3v) is 4.12. The molecule has 0 aliphatic carbocycles. The number of hydrogen-bond donors (Lipinski definition) is 2. The maximum atomic E-state index is 12.5. The first-order chi connectivity index (χ1) is 9.81. The van der Waals surface area contributed by atoms with Gasteiger partial charge in [0.2, 0.25) is 5.91 Å². The summed E-state index contributed by atoms with van der Waals surface area (Å²) in [4.78, 5) is 25.5. The van der Waals surface area contributed by atoms with Crippen molar-refractivity contribution in [3.05, 3.63) is 29.8 Å². The highest BCUT2D eigenvalue weighted by atomic mass is 16.4. The van der Waals surface area contributed by atoms with E-state index in [0.717, 1.165) is 18.4 Å². The van der Waals surface area contributed by atoms with Crippen LogP contribution in [-0.4, -0.2) is 39.6 Å². The van der Waals surface area contributed by atoms with Gasteiger partial charge in [-0.1, -0.05) is 26.0 Å². The smallest absolute Gasteiger partial charge is 0.326 e. The maximum absolute atomic E-state index is 12.5. The van der Waals surface area contributed by atoms with Gasteiger partial charge in [-0.05, 0) is 36.0 Å². The van der Waals surface area contributed by atoms with Crippen LogP contribution in [0.15, 0.2) is 24.3 Å². The lowest BCUT2D eigenvalue weighted by Crippen LogP contribution is -2.56. The van der Waals surface area contributed by atoms with Gasteiger partial charge in [-0.25, -0.2) is 4.79 Å². The lowest BCUT2D eigenvalue weighted by Gasteiger charge is -2.44. The van der Waals surface area contributed by atoms with E-state index in [0.29, 0.717) is 6.54 Å². The standard InChI is InChI=1S/C16H21NO4/c1-16(2)8-3-9-17(14(16)15(20)21)13(19)10-11-4-6-12(18)7-5-11/h4-7,14,18H,3,8-10H2,1-2H3,(H,20,21). The third-order valence-electron chi connectivity index (χ3n) is 4.12. The highest BCUT2D eigenvalue weighted by Crippen LogP contribution is 2.35. The molecule has 0 spiro atoms. The van der Waals surface area contributed by atoms with Gasteiger partial charge in [-0.15, -0.1) is 0 Å². The van der Waals surface area contributed by atoms with Crippen LogP contribution in [0.1, 0.15) is 32.3 Å². The van der Waals surface area contributed by atoms with Crippen LogP contribution >= 0.6 is 0 Å². The van der Waals surface area contributed by atoms with E-state index < -0.39 is 17.4 Å². The number of phenolic OH excluding ortho intramolecular Hbond substituents is 1. The van der Waals surface area contributed by atoms with Crippen LogP contribution in [0.3, 0.4) is 0 Å². The fourth-order valence-electron chi connectivity index (χ4n) is 3.02. The number of piperidine rings is 1. The number of benzene rings is 1. The van der Waals surface area contributed by atoms with Gasteiger partial charge < -0.3 is 15.1 Å². The summed E-state index contributed by atoms with van der Waals surface area (Å²) in [6, 6.07) is 5.63. The first-order valence-corrected chi connectivity index (χ1v) is 7.11. The van der Waals surface area contributed by atoms with Crippen molar-refractivity contribution in [2.24, 2.45) is 5.41 Å². The van der Waals surface area contributed by atoms with Crippen molar-refractivity contribution in [3.8, 4) is 5.75 Å². The molecular weight excluding hydrogens is 270 g/mol. The summed E-state index contributed by atoms with van der Waals surface area (Å²) >= 11 is 0. The van der Waals surface area contributed by atoms with Crippen molar-refractivity contribution in [1.29, 1.82) is 0 Å². The predicted molar refractivity (Wildman–Crippen MR) is 78.0 cm³/mol. The Balaban J connectivity index is 2.16. The van der Waals surface area contributed by atoms with Gasteiger partial charge in [0.25, 0.3) is 0 Å². The number of carboxylic acids is 1. The quantitative estimate of drug-likeness (QED) is 0.893. The Bertz CT molecular complexity index is 536. The van der Waals surface area contributed by atoms with Crippen molar-refractivity contribution in [3.63, 3.8) is 0 Å². The minimum absolute atomic E-state index is 0.147. The number of phenols is 1. The summed E-state index contributed by atoms with van der Waals surface area (Å²) in [6.07, 6.45) is 1.77. The normalized spacial score (nSPS) is 21.0. The second-order valence-electron chi connectivity index (χ2n) is 6.26. The van der Waals surface area contributed by atoms with E-state index in [4.69, 9.17) is 0 Å². The number of amides is 1. The van der Waals surface area contributed by atoms with Crippen molar-refractivity contribution >= 4 is 11.9 Å². The molecule has 1 unspecified atom stereocenters. The molecule has 1 atom stereocenters. The van der Waals surface area contributed by atoms with Crippen LogP contribution in [-0.2, 0) is 16.0 Å². The Morgan fingerprint density at radius 2 is 1.90 bits per heavy atom. The molecule has 1 aromatic carbocycles. The molecule has 5 nitrogen and oxygen atoms in total. The van der Waals surface area contributed by atoms with Gasteiger partial charge in [0.15, 0.2) is 0 Å². The van der Waals surface area contributed by atoms with Crippen molar-refractivity contribution in [2.75, 3.05) is 6.54 Å². The Hall–Kier alpha value is -2.04. The molecule has 1 aliphatic rings. The SMILES string of the molecule is CC1(C)CCCN(C(=O)Cc2ccc(O)cc2)C1C(=O)O. The van der Waals surface area contributed by atoms with Crippen LogP contribution in [0.2, 0.25) is 0 Å². The second-order valence-corrected chi connectivity index (χ2v) is 6.26. The van der Waals surface area contributed by atoms with Crippen LogP contribution in [0.25, 0.3) is 0 Å². The van der Waals surface area contributed by atoms with Gasteiger partial charge in [0.05, 0.1) is 6.42 Å². The van der Waals surface area contributed by atoms with Crippen molar-refractivity contribution in [2.45, 2.75) is 39.2 Å². The van der Waals surface area contributed by atoms with Gasteiger partial charge in [-0.3, -0.25) is 4.79 Å². The first kappa shape index (κ1) is 15.4. The number of rotatable bonds is 3. The van der Waals surface area contributed by atoms with Gasteiger partial charge >= 0.3 is 5.97 Å². The number of carbonyl (C=O) groups is 2. The minimum Gasteiger partial charge on any atom is -0.508 e. The molecule has 1 heterocycles. The number of aromatic hydroxyl groups is 1. The average molecular weight is 291 g/mol. The van der Waals surface area contributed by atoms with E-state index in [9.17, 15) is 19.8 Å². The molecule has 1 saturated heterocycles. The Kier molecular flexibility index (Phi) is 4.21. The summed E-state index contributed by atoms with van der Waals surface area (Å²) in [7, 11) is 0. The molecule has 0 bridgehead atoms. The topological polar surface area (TPSA) is 77.8 Å². The second kappa shape index (κ2) is 5.76. The maximum Gasteiger partial charge on any atom is 0.326 e. The number of likely N-dealkylation sites (tertiary alicyclic amines) is 1. The van der Waals surface area contributed by atoms with Gasteiger partial charge in [0, 0.05) is 6.54 Å². The number of carboxylic acid groups (broad SMARTS) is 1. The van der Waals surface area contributed by atoms with E-state index in [1.165, 1.54) is 17.0 Å². The molecule has 0 radical (unpaired) electrons. The van der Waals surface area contributed by atoms with Crippen LogP contribution in [0, 0.1) is 5.41 Å². The van der Waals surface area contributed by atoms with Gasteiger partial charge in [-0.2, -0.15) is 0 Å². The molecule has 2 rings (SSSR count). The van der Waals surface area contributed by atoms with E-state index in [1.807, 2.05) is 13.8 Å². The molecule has 0 aromatic heterocycles. The van der Waals surface area contributed by atoms with E-state index in [1.54, 1.807) is 12.1 Å². The van der Waals surface area contributed by atoms with E-state index >= 15 is 0 Å². The van der Waals surface area contributed by atoms with E-state index in [-0.39, 0.29) is 18.1 Å². The number of aliphatic carboxylic acids is 1. The molecule has 1 aliphatic heterocycles. The predicted octanol–water partition coefficient (Wildman–Crippen LogP) is 2.04.